The number of anilines is 1. The zero-order valence-corrected chi connectivity index (χ0v) is 15.4. The highest BCUT2D eigenvalue weighted by atomic mass is 19.4. The van der Waals surface area contributed by atoms with E-state index in [-0.39, 0.29) is 11.6 Å². The summed E-state index contributed by atoms with van der Waals surface area (Å²) in [4.78, 5) is 21.0. The molecule has 146 valence electrons. The number of nitrogens with one attached hydrogen (secondary N) is 1. The van der Waals surface area contributed by atoms with E-state index in [2.05, 4.69) is 15.3 Å². The van der Waals surface area contributed by atoms with Gasteiger partial charge in [0.1, 0.15) is 11.6 Å². The summed E-state index contributed by atoms with van der Waals surface area (Å²) in [5.74, 6) is 0.983. The first-order chi connectivity index (χ1) is 13.2. The Morgan fingerprint density at radius 3 is 2.64 bits per heavy atom. The van der Waals surface area contributed by atoms with Crippen molar-refractivity contribution in [2.45, 2.75) is 44.9 Å². The highest BCUT2D eigenvalue weighted by Gasteiger charge is 2.31. The fraction of sp³-hybridized carbons (Fsp3) is 0.350. The van der Waals surface area contributed by atoms with Gasteiger partial charge in [0.25, 0.3) is 5.56 Å². The molecule has 0 bridgehead atoms. The van der Waals surface area contributed by atoms with Crippen molar-refractivity contribution in [3.63, 3.8) is 0 Å². The number of alkyl halides is 3. The number of hydrogen-bond acceptors (Lipinski definition) is 4. The van der Waals surface area contributed by atoms with Crippen molar-refractivity contribution in [1.29, 1.82) is 0 Å². The van der Waals surface area contributed by atoms with Crippen LogP contribution < -0.4 is 10.9 Å². The predicted molar refractivity (Wildman–Crippen MR) is 100 cm³/mol. The Balaban J connectivity index is 1.73. The summed E-state index contributed by atoms with van der Waals surface area (Å²) >= 11 is 0. The van der Waals surface area contributed by atoms with Gasteiger partial charge in [0, 0.05) is 24.3 Å². The third-order valence-corrected chi connectivity index (χ3v) is 4.88. The number of nitrogens with zero attached hydrogens (tertiary/aromatic N) is 3. The summed E-state index contributed by atoms with van der Waals surface area (Å²) in [5, 5.41) is 3.87. The number of halogens is 3. The Morgan fingerprint density at radius 2 is 1.96 bits per heavy atom. The molecular weight excluding hydrogens is 369 g/mol. The average Bonchev–Trinajstić information content (AvgIpc) is 3.45. The normalized spacial score (nSPS) is 15.6. The molecule has 0 saturated heterocycles. The lowest BCUT2D eigenvalue weighted by atomic mass is 10.0. The number of aryl methyl sites for hydroxylation is 1. The molecule has 1 saturated carbocycles. The summed E-state index contributed by atoms with van der Waals surface area (Å²) in [6, 6.07) is 6.49. The van der Waals surface area contributed by atoms with Gasteiger partial charge in [-0.15, -0.1) is 0 Å². The number of pyridine rings is 1. The van der Waals surface area contributed by atoms with E-state index in [1.165, 1.54) is 12.1 Å². The number of rotatable bonds is 4. The van der Waals surface area contributed by atoms with Gasteiger partial charge in [-0.25, -0.2) is 9.97 Å². The van der Waals surface area contributed by atoms with Gasteiger partial charge in [-0.1, -0.05) is 12.1 Å². The van der Waals surface area contributed by atoms with Crippen molar-refractivity contribution in [3.05, 3.63) is 63.8 Å². The van der Waals surface area contributed by atoms with E-state index in [4.69, 9.17) is 0 Å². The van der Waals surface area contributed by atoms with Crippen molar-refractivity contribution in [1.82, 2.24) is 14.5 Å². The van der Waals surface area contributed by atoms with Crippen LogP contribution >= 0.6 is 0 Å². The zero-order valence-electron chi connectivity index (χ0n) is 15.4. The van der Waals surface area contributed by atoms with Gasteiger partial charge < -0.3 is 9.88 Å². The molecule has 2 aromatic heterocycles. The van der Waals surface area contributed by atoms with E-state index < -0.39 is 17.8 Å². The molecule has 8 heteroatoms. The monoisotopic (exact) mass is 388 g/mol. The molecule has 1 aliphatic rings. The van der Waals surface area contributed by atoms with E-state index >= 15 is 0 Å². The molecule has 1 N–H and O–H groups in total. The van der Waals surface area contributed by atoms with Crippen LogP contribution in [0.3, 0.4) is 0 Å². The quantitative estimate of drug-likeness (QED) is 0.708. The summed E-state index contributed by atoms with van der Waals surface area (Å²) in [6.45, 7) is 3.49. The summed E-state index contributed by atoms with van der Waals surface area (Å²) in [6.07, 6.45) is -0.729. The van der Waals surface area contributed by atoms with E-state index in [9.17, 15) is 18.0 Å². The maximum absolute atomic E-state index is 13.0. The second-order valence-corrected chi connectivity index (χ2v) is 7.16. The van der Waals surface area contributed by atoms with E-state index in [1.807, 2.05) is 0 Å². The van der Waals surface area contributed by atoms with Crippen LogP contribution in [0.25, 0.3) is 10.9 Å². The highest BCUT2D eigenvalue weighted by Crippen LogP contribution is 2.35. The second kappa shape index (κ2) is 6.61. The molecule has 1 aromatic carbocycles. The minimum Gasteiger partial charge on any atom is -0.363 e. The lowest BCUT2D eigenvalue weighted by Gasteiger charge is -2.18. The first kappa shape index (κ1) is 18.5. The zero-order chi connectivity index (χ0) is 20.1. The van der Waals surface area contributed by atoms with Crippen LogP contribution in [-0.2, 0) is 6.18 Å². The second-order valence-electron chi connectivity index (χ2n) is 7.16. The number of hydrogen-bond donors (Lipinski definition) is 1. The molecular formula is C20H19F3N4O. The Bertz CT molecular complexity index is 1100. The first-order valence-electron chi connectivity index (χ1n) is 9.06. The molecule has 0 amide bonds. The van der Waals surface area contributed by atoms with Crippen molar-refractivity contribution >= 4 is 16.7 Å². The third kappa shape index (κ3) is 3.58. The van der Waals surface area contributed by atoms with Crippen molar-refractivity contribution in [2.75, 3.05) is 5.32 Å². The van der Waals surface area contributed by atoms with Gasteiger partial charge >= 0.3 is 6.18 Å². The van der Waals surface area contributed by atoms with Crippen molar-refractivity contribution in [3.8, 4) is 0 Å². The van der Waals surface area contributed by atoms with E-state index in [1.54, 1.807) is 30.7 Å². The van der Waals surface area contributed by atoms with Gasteiger partial charge in [0.15, 0.2) is 0 Å². The number of aromatic nitrogens is 3. The van der Waals surface area contributed by atoms with Crippen LogP contribution in [0.5, 0.6) is 0 Å². The molecule has 28 heavy (non-hydrogen) atoms. The van der Waals surface area contributed by atoms with Gasteiger partial charge in [0.2, 0.25) is 0 Å². The largest absolute Gasteiger partial charge is 0.416 e. The molecule has 5 nitrogen and oxygen atoms in total. The molecule has 1 aliphatic carbocycles. The van der Waals surface area contributed by atoms with E-state index in [0.717, 1.165) is 25.0 Å². The fourth-order valence-corrected chi connectivity index (χ4v) is 3.26. The number of benzene rings is 1. The Morgan fingerprint density at radius 1 is 1.21 bits per heavy atom. The highest BCUT2D eigenvalue weighted by molar-refractivity contribution is 5.88. The Hall–Kier alpha value is -2.90. The summed E-state index contributed by atoms with van der Waals surface area (Å²) in [5.41, 5.74) is 0.220. The summed E-state index contributed by atoms with van der Waals surface area (Å²) < 4.78 is 40.7. The van der Waals surface area contributed by atoms with Crippen LogP contribution in [-0.4, -0.2) is 14.5 Å². The van der Waals surface area contributed by atoms with Crippen LogP contribution in [0.2, 0.25) is 0 Å². The van der Waals surface area contributed by atoms with E-state index in [0.29, 0.717) is 28.1 Å². The van der Waals surface area contributed by atoms with Crippen LogP contribution in [0.4, 0.5) is 19.0 Å². The maximum Gasteiger partial charge on any atom is 0.416 e. The molecule has 2 heterocycles. The molecule has 0 unspecified atom stereocenters. The maximum atomic E-state index is 13.0. The first-order valence-corrected chi connectivity index (χ1v) is 9.06. The van der Waals surface area contributed by atoms with Gasteiger partial charge in [-0.2, -0.15) is 13.2 Å². The fourth-order valence-electron chi connectivity index (χ4n) is 3.26. The topological polar surface area (TPSA) is 59.8 Å². The van der Waals surface area contributed by atoms with Gasteiger partial charge in [-0.05, 0) is 44.4 Å². The number of fused-ring (bicyclic) bond motifs is 1. The van der Waals surface area contributed by atoms with Gasteiger partial charge in [-0.3, -0.25) is 4.79 Å². The molecule has 0 spiro atoms. The van der Waals surface area contributed by atoms with Crippen LogP contribution in [0.15, 0.2) is 41.3 Å². The standard InChI is InChI=1S/C20H19F3N4O/c1-11(13-4-3-5-14(8-13)20(21,22)23)24-19-16-10-27(15-6-7-15)18(28)9-17(16)25-12(2)26-19/h3-5,8-11,15H,6-7H2,1-2H3,(H,24,25,26)/t11-/m1/s1. The lowest BCUT2D eigenvalue weighted by molar-refractivity contribution is -0.137. The molecule has 0 radical (unpaired) electrons. The minimum atomic E-state index is -4.39. The smallest absolute Gasteiger partial charge is 0.363 e. The molecule has 3 aromatic rings. The minimum absolute atomic E-state index is 0.107. The molecule has 4 rings (SSSR count). The Kier molecular flexibility index (Phi) is 4.36. The predicted octanol–water partition coefficient (Wildman–Crippen LogP) is 4.63. The van der Waals surface area contributed by atoms with Crippen molar-refractivity contribution < 1.29 is 13.2 Å². The van der Waals surface area contributed by atoms with Crippen molar-refractivity contribution in [2.24, 2.45) is 0 Å². The summed E-state index contributed by atoms with van der Waals surface area (Å²) in [7, 11) is 0. The molecule has 1 atom stereocenters. The SMILES string of the molecule is Cc1nc(N[C@H](C)c2cccc(C(F)(F)F)c2)c2cn(C3CC3)c(=O)cc2n1. The van der Waals surface area contributed by atoms with Gasteiger partial charge in [0.05, 0.1) is 16.5 Å². The molecule has 0 aliphatic heterocycles. The average molecular weight is 388 g/mol. The lowest BCUT2D eigenvalue weighted by Crippen LogP contribution is -2.18. The van der Waals surface area contributed by atoms with Crippen LogP contribution in [0.1, 0.15) is 48.8 Å². The Labute approximate surface area is 159 Å². The third-order valence-electron chi connectivity index (χ3n) is 4.88. The molecule has 1 fully saturated rings. The van der Waals surface area contributed by atoms with Crippen LogP contribution in [0, 0.1) is 6.92 Å².